The topological polar surface area (TPSA) is 20.2 Å². The van der Waals surface area contributed by atoms with Crippen LogP contribution < -0.4 is 0 Å². The van der Waals surface area contributed by atoms with Crippen molar-refractivity contribution in [2.45, 2.75) is 124 Å². The van der Waals surface area contributed by atoms with Gasteiger partial charge in [0.1, 0.15) is 0 Å². The Morgan fingerprint density at radius 2 is 1.61 bits per heavy atom. The van der Waals surface area contributed by atoms with Gasteiger partial charge in [0, 0.05) is 0 Å². The van der Waals surface area contributed by atoms with E-state index >= 15 is 0 Å². The Morgan fingerprint density at radius 3 is 2.36 bits per heavy atom. The maximum absolute atomic E-state index is 10.1. The lowest BCUT2D eigenvalue weighted by Crippen LogP contribution is -2.49. The van der Waals surface area contributed by atoms with Crippen LogP contribution in [0.1, 0.15) is 118 Å². The summed E-state index contributed by atoms with van der Waals surface area (Å²) in [5.41, 5.74) is 0.667. The van der Waals surface area contributed by atoms with E-state index in [1.165, 1.54) is 70.6 Å². The lowest BCUT2D eigenvalue weighted by atomic mass is 9.49. The van der Waals surface area contributed by atoms with Crippen molar-refractivity contribution in [3.05, 3.63) is 0 Å². The quantitative estimate of drug-likeness (QED) is 0.474. The molecule has 0 saturated heterocycles. The molecule has 8 unspecified atom stereocenters. The van der Waals surface area contributed by atoms with Crippen molar-refractivity contribution in [1.29, 1.82) is 0 Å². The second-order valence-corrected chi connectivity index (χ2v) is 11.4. The van der Waals surface area contributed by atoms with Crippen molar-refractivity contribution in [3.63, 3.8) is 0 Å². The van der Waals surface area contributed by atoms with Gasteiger partial charge in [0.2, 0.25) is 0 Å². The minimum Gasteiger partial charge on any atom is -0.393 e. The number of aliphatic hydroxyl groups is 1. The summed E-state index contributed by atoms with van der Waals surface area (Å²) in [6.07, 6.45) is 18.4. The second-order valence-electron chi connectivity index (χ2n) is 11.4. The smallest absolute Gasteiger partial charge is 0.0543 e. The van der Waals surface area contributed by atoms with E-state index < -0.39 is 0 Å². The Bertz CT molecular complexity index is 471. The number of hydrogen-bond acceptors (Lipinski definition) is 1. The molecule has 28 heavy (non-hydrogen) atoms. The Labute approximate surface area is 176 Å². The Kier molecular flexibility index (Phi) is 7.96. The molecule has 1 heteroatoms. The fourth-order valence-electron chi connectivity index (χ4n) is 8.35. The Morgan fingerprint density at radius 1 is 0.857 bits per heavy atom. The van der Waals surface area contributed by atoms with Gasteiger partial charge in [0.05, 0.1) is 6.10 Å². The molecule has 4 saturated carbocycles. The normalized spacial score (nSPS) is 44.9. The van der Waals surface area contributed by atoms with Crippen LogP contribution in [-0.2, 0) is 0 Å². The van der Waals surface area contributed by atoms with E-state index in [9.17, 15) is 5.11 Å². The van der Waals surface area contributed by atoms with Gasteiger partial charge in [-0.05, 0) is 111 Å². The van der Waals surface area contributed by atoms with Crippen LogP contribution in [0.15, 0.2) is 0 Å². The van der Waals surface area contributed by atoms with Crippen molar-refractivity contribution in [1.82, 2.24) is 0 Å². The van der Waals surface area contributed by atoms with Crippen molar-refractivity contribution in [2.75, 3.05) is 0 Å². The van der Waals surface area contributed by atoms with Crippen molar-refractivity contribution in [2.24, 2.45) is 46.8 Å². The summed E-state index contributed by atoms with van der Waals surface area (Å²) in [5, 5.41) is 10.1. The first-order chi connectivity index (χ1) is 13.5. The highest BCUT2D eigenvalue weighted by molar-refractivity contribution is 5.05. The zero-order valence-electron chi connectivity index (χ0n) is 19.8. The summed E-state index contributed by atoms with van der Waals surface area (Å²) in [4.78, 5) is 0. The van der Waals surface area contributed by atoms with Crippen LogP contribution in [0.3, 0.4) is 0 Å². The summed E-state index contributed by atoms with van der Waals surface area (Å²) in [6.45, 7) is 11.4. The standard InChI is InChI=1S/C25H44O.C2H6/c1-17(2)6-4-5-7-19-9-13-24-23-11-8-18-16-20(26)10-12-21(18)22(23)14-15-25(19,24)3;1-2/h17-24,26H,4-16H2,1-3H3;1-2H3. The molecule has 0 spiro atoms. The van der Waals surface area contributed by atoms with Gasteiger partial charge in [-0.2, -0.15) is 0 Å². The zero-order valence-corrected chi connectivity index (χ0v) is 19.8. The number of unbranched alkanes of at least 4 members (excludes halogenated alkanes) is 1. The van der Waals surface area contributed by atoms with Crippen molar-refractivity contribution in [3.8, 4) is 0 Å². The summed E-state index contributed by atoms with van der Waals surface area (Å²) in [6, 6.07) is 0. The second kappa shape index (κ2) is 9.84. The van der Waals surface area contributed by atoms with E-state index in [-0.39, 0.29) is 6.10 Å². The van der Waals surface area contributed by atoms with Crippen LogP contribution in [0, 0.1) is 46.8 Å². The highest BCUT2D eigenvalue weighted by atomic mass is 16.3. The first-order valence-electron chi connectivity index (χ1n) is 13.2. The molecular formula is C27H50O. The fraction of sp³-hybridized carbons (Fsp3) is 1.00. The van der Waals surface area contributed by atoms with Crippen LogP contribution in [-0.4, -0.2) is 11.2 Å². The van der Waals surface area contributed by atoms with Gasteiger partial charge in [-0.3, -0.25) is 0 Å². The van der Waals surface area contributed by atoms with Gasteiger partial charge in [-0.25, -0.2) is 0 Å². The minimum absolute atomic E-state index is 0.0170. The first kappa shape index (κ1) is 22.6. The Hall–Kier alpha value is -0.0400. The van der Waals surface area contributed by atoms with Gasteiger partial charge in [-0.1, -0.05) is 53.9 Å². The summed E-state index contributed by atoms with van der Waals surface area (Å²) >= 11 is 0. The van der Waals surface area contributed by atoms with E-state index in [1.54, 1.807) is 0 Å². The first-order valence-corrected chi connectivity index (χ1v) is 13.2. The van der Waals surface area contributed by atoms with E-state index in [0.717, 1.165) is 54.3 Å². The fourth-order valence-corrected chi connectivity index (χ4v) is 8.35. The summed E-state index contributed by atoms with van der Waals surface area (Å²) in [5.74, 6) is 6.80. The third kappa shape index (κ3) is 4.50. The van der Waals surface area contributed by atoms with E-state index in [2.05, 4.69) is 20.8 Å². The largest absolute Gasteiger partial charge is 0.393 e. The van der Waals surface area contributed by atoms with Crippen molar-refractivity contribution >= 4 is 0 Å². The number of fused-ring (bicyclic) bond motifs is 5. The molecule has 0 radical (unpaired) electrons. The molecule has 1 nitrogen and oxygen atoms in total. The Balaban J connectivity index is 0.00000109. The summed E-state index contributed by atoms with van der Waals surface area (Å²) in [7, 11) is 0. The van der Waals surface area contributed by atoms with Crippen molar-refractivity contribution < 1.29 is 5.11 Å². The third-order valence-corrected chi connectivity index (χ3v) is 9.71. The minimum atomic E-state index is 0.0170. The van der Waals surface area contributed by atoms with E-state index in [0.29, 0.717) is 5.41 Å². The molecule has 0 bridgehead atoms. The van der Waals surface area contributed by atoms with Gasteiger partial charge in [-0.15, -0.1) is 0 Å². The maximum atomic E-state index is 10.1. The molecule has 164 valence electrons. The lowest BCUT2D eigenvalue weighted by molar-refractivity contribution is -0.0778. The highest BCUT2D eigenvalue weighted by Crippen LogP contribution is 2.64. The van der Waals surface area contributed by atoms with Gasteiger partial charge < -0.3 is 5.11 Å². The van der Waals surface area contributed by atoms with Gasteiger partial charge in [0.15, 0.2) is 0 Å². The monoisotopic (exact) mass is 390 g/mol. The van der Waals surface area contributed by atoms with Gasteiger partial charge >= 0.3 is 0 Å². The van der Waals surface area contributed by atoms with Crippen LogP contribution in [0.25, 0.3) is 0 Å². The lowest BCUT2D eigenvalue weighted by Gasteiger charge is -2.56. The maximum Gasteiger partial charge on any atom is 0.0543 e. The molecule has 4 fully saturated rings. The van der Waals surface area contributed by atoms with Crippen LogP contribution in [0.4, 0.5) is 0 Å². The molecule has 0 amide bonds. The number of hydrogen-bond donors (Lipinski definition) is 1. The predicted octanol–water partition coefficient (Wildman–Crippen LogP) is 7.86. The van der Waals surface area contributed by atoms with E-state index in [4.69, 9.17) is 0 Å². The number of rotatable bonds is 5. The zero-order chi connectivity index (χ0) is 20.3. The molecule has 0 aromatic rings. The van der Waals surface area contributed by atoms with Crippen LogP contribution in [0.5, 0.6) is 0 Å². The molecule has 8 atom stereocenters. The molecule has 4 aliphatic rings. The SMILES string of the molecule is CC.CC(C)CCCCC1CCC2C3CCC4CC(O)CCC4C3CCC12C. The molecule has 0 aromatic carbocycles. The molecule has 4 aliphatic carbocycles. The molecule has 0 aromatic heterocycles. The molecule has 0 aliphatic heterocycles. The average Bonchev–Trinajstić information content (AvgIpc) is 3.02. The number of aliphatic hydroxyl groups excluding tert-OH is 1. The summed E-state index contributed by atoms with van der Waals surface area (Å²) < 4.78 is 0. The molecule has 1 N–H and O–H groups in total. The third-order valence-electron chi connectivity index (χ3n) is 9.71. The molecule has 0 heterocycles. The molecule has 4 rings (SSSR count). The van der Waals surface area contributed by atoms with E-state index in [1.807, 2.05) is 13.8 Å². The van der Waals surface area contributed by atoms with Crippen LogP contribution >= 0.6 is 0 Å². The van der Waals surface area contributed by atoms with Crippen LogP contribution in [0.2, 0.25) is 0 Å². The highest BCUT2D eigenvalue weighted by Gasteiger charge is 2.56. The predicted molar refractivity (Wildman–Crippen MR) is 121 cm³/mol. The van der Waals surface area contributed by atoms with Gasteiger partial charge in [0.25, 0.3) is 0 Å². The molecular weight excluding hydrogens is 340 g/mol. The average molecular weight is 391 g/mol.